The molecule has 0 aliphatic carbocycles. The molecule has 0 N–H and O–H groups in total. The fourth-order valence-corrected chi connectivity index (χ4v) is 2.06. The number of nitro groups is 1. The first-order valence-corrected chi connectivity index (χ1v) is 6.58. The number of nitro benzene ring substituents is 1. The molecule has 0 heterocycles. The molecule has 1 aromatic rings. The summed E-state index contributed by atoms with van der Waals surface area (Å²) < 4.78 is 0. The first kappa shape index (κ1) is 14.4. The van der Waals surface area contributed by atoms with Crippen LogP contribution in [0.15, 0.2) is 36.4 Å². The van der Waals surface area contributed by atoms with Crippen molar-refractivity contribution in [1.29, 1.82) is 0 Å². The van der Waals surface area contributed by atoms with Crippen LogP contribution in [0.4, 0.5) is 5.69 Å². The van der Waals surface area contributed by atoms with Gasteiger partial charge in [0, 0.05) is 12.1 Å². The van der Waals surface area contributed by atoms with Crippen molar-refractivity contribution >= 4 is 5.69 Å². The number of non-ortho nitro benzene ring substituents is 1. The van der Waals surface area contributed by atoms with Crippen LogP contribution in [0.3, 0.4) is 0 Å². The molecule has 0 amide bonds. The number of hydrogen-bond acceptors (Lipinski definition) is 2. The summed E-state index contributed by atoms with van der Waals surface area (Å²) >= 11 is 0. The van der Waals surface area contributed by atoms with Crippen LogP contribution in [0, 0.1) is 10.1 Å². The highest BCUT2D eigenvalue weighted by Crippen LogP contribution is 2.27. The van der Waals surface area contributed by atoms with Crippen molar-refractivity contribution in [3.05, 3.63) is 52.1 Å². The molecule has 0 fully saturated rings. The third-order valence-electron chi connectivity index (χ3n) is 3.04. The molecule has 0 aliphatic rings. The molecule has 0 aliphatic heterocycles. The van der Waals surface area contributed by atoms with Crippen molar-refractivity contribution in [3.63, 3.8) is 0 Å². The molecule has 1 atom stereocenters. The Morgan fingerprint density at radius 3 is 2.39 bits per heavy atom. The highest BCUT2D eigenvalue weighted by molar-refractivity contribution is 5.34. The fraction of sp³-hybridized carbons (Fsp3) is 0.467. The second kappa shape index (κ2) is 7.64. The zero-order valence-corrected chi connectivity index (χ0v) is 11.1. The minimum atomic E-state index is -0.352. The van der Waals surface area contributed by atoms with E-state index in [1.54, 1.807) is 12.1 Å². The maximum absolute atomic E-state index is 10.6. The number of allylic oxidation sites excluding steroid dienone is 2. The Morgan fingerprint density at radius 2 is 1.89 bits per heavy atom. The summed E-state index contributed by atoms with van der Waals surface area (Å²) in [6.07, 6.45) is 8.70. The van der Waals surface area contributed by atoms with E-state index in [9.17, 15) is 10.1 Å². The largest absolute Gasteiger partial charge is 0.269 e. The zero-order valence-electron chi connectivity index (χ0n) is 11.1. The van der Waals surface area contributed by atoms with E-state index in [1.807, 2.05) is 12.1 Å². The summed E-state index contributed by atoms with van der Waals surface area (Å²) in [4.78, 5) is 10.3. The summed E-state index contributed by atoms with van der Waals surface area (Å²) in [6.45, 7) is 4.29. The van der Waals surface area contributed by atoms with Gasteiger partial charge in [-0.2, -0.15) is 0 Å². The van der Waals surface area contributed by atoms with Crippen LogP contribution in [0.2, 0.25) is 0 Å². The maximum Gasteiger partial charge on any atom is 0.269 e. The van der Waals surface area contributed by atoms with E-state index in [4.69, 9.17) is 0 Å². The normalized spacial score (nSPS) is 12.8. The predicted molar refractivity (Wildman–Crippen MR) is 74.8 cm³/mol. The van der Waals surface area contributed by atoms with E-state index in [1.165, 1.54) is 5.56 Å². The third kappa shape index (κ3) is 4.32. The van der Waals surface area contributed by atoms with E-state index in [0.29, 0.717) is 5.92 Å². The Labute approximate surface area is 109 Å². The summed E-state index contributed by atoms with van der Waals surface area (Å²) in [5.41, 5.74) is 1.36. The quantitative estimate of drug-likeness (QED) is 0.393. The van der Waals surface area contributed by atoms with Crippen LogP contribution in [0.1, 0.15) is 51.0 Å². The van der Waals surface area contributed by atoms with Crippen molar-refractivity contribution in [1.82, 2.24) is 0 Å². The molecule has 0 spiro atoms. The first-order chi connectivity index (χ1) is 8.69. The minimum Gasteiger partial charge on any atom is -0.258 e. The van der Waals surface area contributed by atoms with Gasteiger partial charge in [0.15, 0.2) is 0 Å². The summed E-state index contributed by atoms with van der Waals surface area (Å²) in [5.74, 6) is 0.471. The van der Waals surface area contributed by atoms with Gasteiger partial charge in [-0.3, -0.25) is 10.1 Å². The number of nitrogens with zero attached hydrogens (tertiary/aromatic N) is 1. The molecule has 0 aromatic heterocycles. The van der Waals surface area contributed by atoms with Gasteiger partial charge in [-0.1, -0.05) is 44.6 Å². The topological polar surface area (TPSA) is 43.1 Å². The highest BCUT2D eigenvalue weighted by Gasteiger charge is 2.11. The van der Waals surface area contributed by atoms with Crippen molar-refractivity contribution in [3.8, 4) is 0 Å². The van der Waals surface area contributed by atoms with Gasteiger partial charge in [-0.25, -0.2) is 0 Å². The maximum atomic E-state index is 10.6. The molecular formula is C15H21NO2. The molecule has 1 unspecified atom stereocenters. The zero-order chi connectivity index (χ0) is 13.4. The lowest BCUT2D eigenvalue weighted by Gasteiger charge is -2.14. The molecule has 0 saturated carbocycles. The van der Waals surface area contributed by atoms with E-state index >= 15 is 0 Å². The summed E-state index contributed by atoms with van der Waals surface area (Å²) in [7, 11) is 0. The van der Waals surface area contributed by atoms with Gasteiger partial charge in [-0.05, 0) is 30.7 Å². The molecule has 0 radical (unpaired) electrons. The van der Waals surface area contributed by atoms with Crippen molar-refractivity contribution in [2.24, 2.45) is 0 Å². The van der Waals surface area contributed by atoms with Crippen LogP contribution in [-0.4, -0.2) is 4.92 Å². The molecule has 1 rings (SSSR count). The Morgan fingerprint density at radius 1 is 1.22 bits per heavy atom. The van der Waals surface area contributed by atoms with Gasteiger partial charge in [0.05, 0.1) is 4.92 Å². The number of benzene rings is 1. The van der Waals surface area contributed by atoms with Gasteiger partial charge in [0.25, 0.3) is 5.69 Å². The Bertz CT molecular complexity index is 395. The van der Waals surface area contributed by atoms with Gasteiger partial charge >= 0.3 is 0 Å². The molecule has 3 nitrogen and oxygen atoms in total. The molecular weight excluding hydrogens is 226 g/mol. The Hall–Kier alpha value is -1.64. The van der Waals surface area contributed by atoms with Gasteiger partial charge in [-0.15, -0.1) is 0 Å². The van der Waals surface area contributed by atoms with Gasteiger partial charge < -0.3 is 0 Å². The van der Waals surface area contributed by atoms with Crippen molar-refractivity contribution in [2.75, 3.05) is 0 Å². The Kier molecular flexibility index (Phi) is 6.12. The molecule has 98 valence electrons. The molecule has 0 saturated heterocycles. The number of rotatable bonds is 7. The SMILES string of the molecule is CC/C=C\CC(CCC)c1ccc([N+](=O)[O-])cc1. The third-order valence-corrected chi connectivity index (χ3v) is 3.04. The molecule has 0 bridgehead atoms. The monoisotopic (exact) mass is 247 g/mol. The molecule has 1 aromatic carbocycles. The Balaban J connectivity index is 2.78. The molecule has 3 heteroatoms. The fourth-order valence-electron chi connectivity index (χ4n) is 2.06. The minimum absolute atomic E-state index is 0.165. The van der Waals surface area contributed by atoms with Crippen LogP contribution in [0.25, 0.3) is 0 Å². The van der Waals surface area contributed by atoms with Crippen LogP contribution < -0.4 is 0 Å². The van der Waals surface area contributed by atoms with Crippen LogP contribution in [-0.2, 0) is 0 Å². The lowest BCUT2D eigenvalue weighted by molar-refractivity contribution is -0.384. The lowest BCUT2D eigenvalue weighted by Crippen LogP contribution is -1.98. The predicted octanol–water partition coefficient (Wildman–Crippen LogP) is 4.83. The van der Waals surface area contributed by atoms with E-state index in [-0.39, 0.29) is 10.6 Å². The summed E-state index contributed by atoms with van der Waals surface area (Å²) in [6, 6.07) is 6.97. The lowest BCUT2D eigenvalue weighted by atomic mass is 9.91. The van der Waals surface area contributed by atoms with Crippen LogP contribution >= 0.6 is 0 Å². The van der Waals surface area contributed by atoms with Crippen LogP contribution in [0.5, 0.6) is 0 Å². The van der Waals surface area contributed by atoms with E-state index in [0.717, 1.165) is 25.7 Å². The van der Waals surface area contributed by atoms with E-state index in [2.05, 4.69) is 26.0 Å². The average Bonchev–Trinajstić information content (AvgIpc) is 2.38. The van der Waals surface area contributed by atoms with Crippen molar-refractivity contribution in [2.45, 2.75) is 45.4 Å². The second-order valence-electron chi connectivity index (χ2n) is 4.45. The van der Waals surface area contributed by atoms with Crippen molar-refractivity contribution < 1.29 is 4.92 Å². The first-order valence-electron chi connectivity index (χ1n) is 6.58. The molecule has 18 heavy (non-hydrogen) atoms. The number of hydrogen-bond donors (Lipinski definition) is 0. The second-order valence-corrected chi connectivity index (χ2v) is 4.45. The standard InChI is InChI=1S/C15H21NO2/c1-3-5-6-8-13(7-4-2)14-9-11-15(12-10-14)16(17)18/h5-6,9-13H,3-4,7-8H2,1-2H3/b6-5-. The average molecular weight is 247 g/mol. The van der Waals surface area contributed by atoms with Gasteiger partial charge in [0.1, 0.15) is 0 Å². The smallest absolute Gasteiger partial charge is 0.258 e. The highest BCUT2D eigenvalue weighted by atomic mass is 16.6. The summed E-state index contributed by atoms with van der Waals surface area (Å²) in [5, 5.41) is 10.6. The van der Waals surface area contributed by atoms with E-state index < -0.39 is 0 Å². The van der Waals surface area contributed by atoms with Gasteiger partial charge in [0.2, 0.25) is 0 Å².